The molecule has 166 valence electrons. The third kappa shape index (κ3) is 4.29. The van der Waals surface area contributed by atoms with E-state index in [1.165, 1.54) is 29.4 Å². The third-order valence-corrected chi connectivity index (χ3v) is 5.87. The Balaban J connectivity index is 1.74. The third-order valence-electron chi connectivity index (χ3n) is 5.01. The first kappa shape index (κ1) is 21.4. The van der Waals surface area contributed by atoms with Gasteiger partial charge >= 0.3 is 5.97 Å². The molecule has 0 saturated heterocycles. The molecule has 0 amide bonds. The number of aromatic nitrogens is 1. The highest BCUT2D eigenvalue weighted by Crippen LogP contribution is 2.28. The lowest BCUT2D eigenvalue weighted by Gasteiger charge is -2.26. The lowest BCUT2D eigenvalue weighted by atomic mass is 10.1. The maximum Gasteiger partial charge on any atom is 0.307 e. The van der Waals surface area contributed by atoms with Crippen molar-refractivity contribution >= 4 is 33.4 Å². The molecule has 4 rings (SSSR count). The van der Waals surface area contributed by atoms with Crippen LogP contribution in [0, 0.1) is 13.8 Å². The summed E-state index contributed by atoms with van der Waals surface area (Å²) in [5, 5.41) is 16.9. The minimum Gasteiger partial charge on any atom is -0.481 e. The van der Waals surface area contributed by atoms with Gasteiger partial charge < -0.3 is 10.1 Å². The van der Waals surface area contributed by atoms with Crippen molar-refractivity contribution in [3.05, 3.63) is 77.0 Å². The van der Waals surface area contributed by atoms with Crippen molar-refractivity contribution in [1.82, 2.24) is 10.4 Å². The normalized spacial score (nSPS) is 13.8. The van der Waals surface area contributed by atoms with Crippen LogP contribution in [0.4, 0.5) is 11.5 Å². The van der Waals surface area contributed by atoms with Gasteiger partial charge in [-0.25, -0.2) is 0 Å². The molecule has 3 aromatic rings. The number of rotatable bonds is 6. The summed E-state index contributed by atoms with van der Waals surface area (Å²) in [6.07, 6.45) is -0.110. The zero-order valence-corrected chi connectivity index (χ0v) is 18.1. The summed E-state index contributed by atoms with van der Waals surface area (Å²) in [4.78, 5) is 14.1. The van der Waals surface area contributed by atoms with Gasteiger partial charge in [0.15, 0.2) is 11.7 Å². The molecule has 1 aromatic heterocycles. The Bertz CT molecular complexity index is 1300. The summed E-state index contributed by atoms with van der Waals surface area (Å²) < 4.78 is 32.0. The fourth-order valence-corrected chi connectivity index (χ4v) is 3.76. The molecule has 2 aromatic carbocycles. The number of anilines is 2. The zero-order chi connectivity index (χ0) is 23.0. The van der Waals surface area contributed by atoms with Gasteiger partial charge in [-0.2, -0.15) is 13.5 Å². The van der Waals surface area contributed by atoms with Crippen molar-refractivity contribution in [2.75, 3.05) is 10.2 Å². The van der Waals surface area contributed by atoms with Crippen molar-refractivity contribution < 1.29 is 22.9 Å². The highest BCUT2D eigenvalue weighted by atomic mass is 32.2. The number of aryl methyl sites for hydroxylation is 2. The number of nitrogens with one attached hydrogen (secondary N) is 2. The fraction of sp³-hybridized carbons (Fsp3) is 0.143. The number of carboxylic acid groups (broad SMARTS) is 1. The number of amidine groups is 1. The van der Waals surface area contributed by atoms with E-state index < -0.39 is 16.1 Å². The Morgan fingerprint density at radius 1 is 1.09 bits per heavy atom. The minimum absolute atomic E-state index is 0.110. The minimum atomic E-state index is -4.32. The summed E-state index contributed by atoms with van der Waals surface area (Å²) in [6, 6.07) is 14.6. The monoisotopic (exact) mass is 455 g/mol. The predicted molar refractivity (Wildman–Crippen MR) is 119 cm³/mol. The number of carbonyl (C=O) groups is 1. The van der Waals surface area contributed by atoms with E-state index in [-0.39, 0.29) is 11.3 Å². The molecular formula is C21H21N5O5S. The molecular weight excluding hydrogens is 434 g/mol. The number of H-pyrrole nitrogens is 1. The summed E-state index contributed by atoms with van der Waals surface area (Å²) in [6.45, 7) is 3.91. The first-order valence-electron chi connectivity index (χ1n) is 9.62. The molecule has 4 N–H and O–H groups in total. The van der Waals surface area contributed by atoms with E-state index >= 15 is 0 Å². The van der Waals surface area contributed by atoms with E-state index in [4.69, 9.17) is 5.11 Å². The summed E-state index contributed by atoms with van der Waals surface area (Å²) >= 11 is 0. The number of nitrogens with zero attached hydrogens (tertiary/aromatic N) is 3. The van der Waals surface area contributed by atoms with E-state index in [1.54, 1.807) is 23.3 Å². The quantitative estimate of drug-likeness (QED) is 0.416. The molecule has 2 heterocycles. The Hall–Kier alpha value is -3.83. The van der Waals surface area contributed by atoms with Crippen LogP contribution in [-0.4, -0.2) is 34.9 Å². The van der Waals surface area contributed by atoms with Crippen LogP contribution >= 0.6 is 0 Å². The molecule has 1 aliphatic heterocycles. The zero-order valence-electron chi connectivity index (χ0n) is 17.3. The smallest absolute Gasteiger partial charge is 0.307 e. The van der Waals surface area contributed by atoms with E-state index in [0.29, 0.717) is 28.5 Å². The molecule has 0 bridgehead atoms. The molecule has 0 unspecified atom stereocenters. The molecule has 10 nitrogen and oxygen atoms in total. The number of hydrazine groups is 2. The van der Waals surface area contributed by atoms with Crippen LogP contribution in [0.1, 0.15) is 22.4 Å². The highest BCUT2D eigenvalue weighted by Gasteiger charge is 2.28. The average molecular weight is 455 g/mol. The van der Waals surface area contributed by atoms with Crippen molar-refractivity contribution in [3.63, 3.8) is 0 Å². The number of hydrazone groups is 1. The van der Waals surface area contributed by atoms with E-state index in [9.17, 15) is 17.8 Å². The first-order chi connectivity index (χ1) is 15.1. The van der Waals surface area contributed by atoms with Gasteiger partial charge in [-0.1, -0.05) is 18.2 Å². The summed E-state index contributed by atoms with van der Waals surface area (Å²) in [5.41, 5.74) is 7.07. The molecule has 0 atom stereocenters. The van der Waals surface area contributed by atoms with Crippen molar-refractivity contribution in [1.29, 1.82) is 0 Å². The maximum atomic E-state index is 11.4. The van der Waals surface area contributed by atoms with Crippen LogP contribution in [0.25, 0.3) is 0 Å². The van der Waals surface area contributed by atoms with Gasteiger partial charge in [0.05, 0.1) is 17.0 Å². The second-order valence-corrected chi connectivity index (χ2v) is 8.79. The molecule has 32 heavy (non-hydrogen) atoms. The van der Waals surface area contributed by atoms with Gasteiger partial charge in [-0.3, -0.25) is 14.8 Å². The predicted octanol–water partition coefficient (Wildman–Crippen LogP) is 2.61. The molecule has 0 saturated carbocycles. The van der Waals surface area contributed by atoms with Gasteiger partial charge in [0, 0.05) is 11.3 Å². The van der Waals surface area contributed by atoms with Gasteiger partial charge in [0.25, 0.3) is 10.1 Å². The fourth-order valence-electron chi connectivity index (χ4n) is 3.28. The first-order valence-corrected chi connectivity index (χ1v) is 11.1. The molecule has 0 aliphatic carbocycles. The molecule has 0 spiro atoms. The number of hydrogen-bond donors (Lipinski definition) is 4. The van der Waals surface area contributed by atoms with Crippen LogP contribution in [0.2, 0.25) is 0 Å². The topological polar surface area (TPSA) is 138 Å². The van der Waals surface area contributed by atoms with Crippen molar-refractivity contribution in [2.24, 2.45) is 5.10 Å². The SMILES string of the molecule is Cc1cc(N2NC(c3cccc(CC(=O)O)c3)=NN2c2ccc(S(=O)(=O)O)cc2)[nH]c1C. The Morgan fingerprint density at radius 2 is 1.81 bits per heavy atom. The number of benzene rings is 2. The van der Waals surface area contributed by atoms with Crippen LogP contribution in [-0.2, 0) is 21.3 Å². The van der Waals surface area contributed by atoms with Crippen molar-refractivity contribution in [2.45, 2.75) is 25.2 Å². The lowest BCUT2D eigenvalue weighted by Crippen LogP contribution is -2.45. The van der Waals surface area contributed by atoms with Crippen LogP contribution in [0.15, 0.2) is 64.6 Å². The van der Waals surface area contributed by atoms with Gasteiger partial charge in [-0.05, 0) is 61.4 Å². The Morgan fingerprint density at radius 3 is 2.41 bits per heavy atom. The summed E-state index contributed by atoms with van der Waals surface area (Å²) in [5.74, 6) is 0.239. The number of hydrogen-bond acceptors (Lipinski definition) is 7. The standard InChI is InChI=1S/C21H21N5O5S/c1-13-10-19(22-14(13)2)26-24-21(16-5-3-4-15(11-16)12-20(27)28)23-25(26)17-6-8-18(9-7-17)32(29,30)31/h3-11,22H,12H2,1-2H3,(H,23,24)(H,27,28)(H,29,30,31). The van der Waals surface area contributed by atoms with E-state index in [2.05, 4.69) is 15.5 Å². The van der Waals surface area contributed by atoms with E-state index in [0.717, 1.165) is 11.3 Å². The van der Waals surface area contributed by atoms with E-state index in [1.807, 2.05) is 26.0 Å². The Labute approximate surface area is 184 Å². The average Bonchev–Trinajstić information content (AvgIpc) is 3.31. The molecule has 11 heteroatoms. The largest absolute Gasteiger partial charge is 0.481 e. The molecule has 0 fully saturated rings. The highest BCUT2D eigenvalue weighted by molar-refractivity contribution is 7.85. The summed E-state index contributed by atoms with van der Waals surface area (Å²) in [7, 11) is -4.32. The van der Waals surface area contributed by atoms with Crippen molar-refractivity contribution in [3.8, 4) is 0 Å². The maximum absolute atomic E-state index is 11.4. The number of carboxylic acids is 1. The second kappa shape index (κ2) is 8.02. The van der Waals surface area contributed by atoms with Crippen LogP contribution in [0.5, 0.6) is 0 Å². The number of aromatic amines is 1. The van der Waals surface area contributed by atoms with Gasteiger partial charge in [-0.15, -0.1) is 10.2 Å². The van der Waals surface area contributed by atoms with Gasteiger partial charge in [0.2, 0.25) is 0 Å². The van der Waals surface area contributed by atoms with Crippen LogP contribution < -0.4 is 15.7 Å². The Kier molecular flexibility index (Phi) is 5.36. The lowest BCUT2D eigenvalue weighted by molar-refractivity contribution is -0.136. The molecule has 0 radical (unpaired) electrons. The second-order valence-electron chi connectivity index (χ2n) is 7.36. The van der Waals surface area contributed by atoms with Gasteiger partial charge in [0.1, 0.15) is 0 Å². The molecule has 1 aliphatic rings. The van der Waals surface area contributed by atoms with Crippen LogP contribution in [0.3, 0.4) is 0 Å². The number of aliphatic carboxylic acids is 1.